The molecule has 0 spiro atoms. The molecule has 1 unspecified atom stereocenters. The molecule has 1 atom stereocenters. The summed E-state index contributed by atoms with van der Waals surface area (Å²) in [6.45, 7) is 0. The van der Waals surface area contributed by atoms with Gasteiger partial charge in [0.2, 0.25) is 0 Å². The van der Waals surface area contributed by atoms with E-state index in [9.17, 15) is 4.79 Å². The van der Waals surface area contributed by atoms with Gasteiger partial charge < -0.3 is 0 Å². The first-order chi connectivity index (χ1) is 3.29. The minimum Gasteiger partial charge on any atom is -0.267 e. The molecule has 0 fully saturated rings. The average molecular weight is 115 g/mol. The van der Waals surface area contributed by atoms with Gasteiger partial charge in [-0.1, -0.05) is 10.7 Å². The normalized spacial score (nSPS) is 28.1. The maximum atomic E-state index is 10.2. The highest BCUT2D eigenvalue weighted by Gasteiger charge is 1.97. The molecule has 0 aromatic carbocycles. The Morgan fingerprint density at radius 1 is 1.86 bits per heavy atom. The molecule has 7 heavy (non-hydrogen) atoms. The zero-order valence-corrected chi connectivity index (χ0v) is 4.73. The molecule has 1 rings (SSSR count). The van der Waals surface area contributed by atoms with Crippen molar-refractivity contribution in [3.63, 3.8) is 0 Å². The third-order valence-corrected chi connectivity index (χ3v) is 1.64. The summed E-state index contributed by atoms with van der Waals surface area (Å²) in [5, 5.41) is 1.81. The lowest BCUT2D eigenvalue weighted by Gasteiger charge is -1.74. The van der Waals surface area contributed by atoms with Crippen LogP contribution in [0.4, 0.5) is 0 Å². The van der Waals surface area contributed by atoms with Gasteiger partial charge in [-0.3, -0.25) is 4.79 Å². The fourth-order valence-corrected chi connectivity index (χ4v) is 1.08. The Labute approximate surface area is 44.3 Å². The van der Waals surface area contributed by atoms with Crippen molar-refractivity contribution in [1.82, 2.24) is 0 Å². The fraction of sp³-hybridized carbons (Fsp3) is 0.250. The Morgan fingerprint density at radius 3 is 2.71 bits per heavy atom. The van der Waals surface area contributed by atoms with E-state index in [0.717, 1.165) is 0 Å². The van der Waals surface area contributed by atoms with Crippen molar-refractivity contribution in [2.45, 2.75) is 0 Å². The third-order valence-electron chi connectivity index (χ3n) is 0.642. The van der Waals surface area contributed by atoms with E-state index in [4.69, 9.17) is 0 Å². The second kappa shape index (κ2) is 1.58. The Morgan fingerprint density at radius 2 is 2.57 bits per heavy atom. The monoisotopic (exact) mass is 115 g/mol. The van der Waals surface area contributed by atoms with Crippen LogP contribution in [-0.4, -0.2) is 12.2 Å². The van der Waals surface area contributed by atoms with Crippen LogP contribution in [0.1, 0.15) is 0 Å². The first kappa shape index (κ1) is 4.71. The van der Waals surface area contributed by atoms with Gasteiger partial charge in [-0.15, -0.1) is 0 Å². The van der Waals surface area contributed by atoms with Gasteiger partial charge in [0.1, 0.15) is 0 Å². The van der Waals surface area contributed by atoms with E-state index in [2.05, 4.69) is 4.36 Å². The number of rotatable bonds is 0. The van der Waals surface area contributed by atoms with E-state index >= 15 is 0 Å². The van der Waals surface area contributed by atoms with Gasteiger partial charge in [-0.2, -0.15) is 4.36 Å². The zero-order valence-electron chi connectivity index (χ0n) is 3.92. The highest BCUT2D eigenvalue weighted by Crippen LogP contribution is 1.96. The van der Waals surface area contributed by atoms with Crippen molar-refractivity contribution >= 4 is 16.6 Å². The predicted octanol–water partition coefficient (Wildman–Crippen LogP) is 0.472. The molecule has 1 heterocycles. The Kier molecular flexibility index (Phi) is 1.06. The van der Waals surface area contributed by atoms with Crippen molar-refractivity contribution < 1.29 is 4.79 Å². The summed E-state index contributed by atoms with van der Waals surface area (Å²) in [4.78, 5) is 10.2. The SMILES string of the molecule is CS1=NC(=O)C=C1. The summed E-state index contributed by atoms with van der Waals surface area (Å²) < 4.78 is 3.67. The van der Waals surface area contributed by atoms with Crippen molar-refractivity contribution in [2.24, 2.45) is 4.36 Å². The summed E-state index contributed by atoms with van der Waals surface area (Å²) in [5.41, 5.74) is 0. The smallest absolute Gasteiger partial charge is 0.267 e. The van der Waals surface area contributed by atoms with E-state index < -0.39 is 0 Å². The topological polar surface area (TPSA) is 29.4 Å². The van der Waals surface area contributed by atoms with E-state index in [-0.39, 0.29) is 16.6 Å². The van der Waals surface area contributed by atoms with E-state index in [1.165, 1.54) is 6.08 Å². The molecule has 0 bridgehead atoms. The van der Waals surface area contributed by atoms with Gasteiger partial charge >= 0.3 is 0 Å². The predicted molar refractivity (Wildman–Crippen MR) is 29.9 cm³/mol. The number of carbonyl (C=O) groups is 1. The minimum absolute atomic E-state index is 0.0918. The van der Waals surface area contributed by atoms with Gasteiger partial charge in [0.05, 0.1) is 0 Å². The maximum absolute atomic E-state index is 10.2. The third kappa shape index (κ3) is 0.962. The Bertz CT molecular complexity index is 159. The van der Waals surface area contributed by atoms with Crippen LogP contribution in [0.2, 0.25) is 0 Å². The molecule has 0 saturated heterocycles. The fourth-order valence-electron chi connectivity index (χ4n) is 0.359. The number of hydrogen-bond acceptors (Lipinski definition) is 1. The van der Waals surface area contributed by atoms with E-state index in [1.807, 2.05) is 11.7 Å². The van der Waals surface area contributed by atoms with Crippen molar-refractivity contribution in [3.05, 3.63) is 11.5 Å². The van der Waals surface area contributed by atoms with Gasteiger partial charge in [0, 0.05) is 6.08 Å². The lowest BCUT2D eigenvalue weighted by atomic mass is 10.6. The molecular formula is C4H5NOS. The lowest BCUT2D eigenvalue weighted by Crippen LogP contribution is -1.77. The molecule has 0 aliphatic carbocycles. The number of hydrogen-bond donors (Lipinski definition) is 0. The van der Waals surface area contributed by atoms with Crippen LogP contribution < -0.4 is 0 Å². The second-order valence-electron chi connectivity index (χ2n) is 1.26. The van der Waals surface area contributed by atoms with E-state index in [0.29, 0.717) is 0 Å². The molecule has 1 amide bonds. The summed E-state index contributed by atoms with van der Waals surface area (Å²) >= 11 is 0. The zero-order chi connectivity index (χ0) is 5.28. The van der Waals surface area contributed by atoms with Gasteiger partial charge in [0.15, 0.2) is 0 Å². The number of carbonyl (C=O) groups excluding carboxylic acids is 1. The maximum Gasteiger partial charge on any atom is 0.276 e. The quantitative estimate of drug-likeness (QED) is 0.451. The standard InChI is InChI=1S/C4H5NOS/c1-7-3-2-4(6)5-7/h2-3H,1H3. The number of amides is 1. The summed E-state index contributed by atoms with van der Waals surface area (Å²) in [7, 11) is -0.108. The largest absolute Gasteiger partial charge is 0.276 e. The highest BCUT2D eigenvalue weighted by atomic mass is 32.2. The molecule has 2 nitrogen and oxygen atoms in total. The molecule has 1 aliphatic rings. The molecule has 0 aromatic heterocycles. The van der Waals surface area contributed by atoms with E-state index in [1.54, 1.807) is 0 Å². The van der Waals surface area contributed by atoms with Crippen LogP contribution in [0.15, 0.2) is 15.8 Å². The Hall–Kier alpha value is -0.440. The average Bonchev–Trinajstić information content (AvgIpc) is 1.87. The molecule has 3 heteroatoms. The van der Waals surface area contributed by atoms with Gasteiger partial charge in [-0.05, 0) is 11.7 Å². The minimum atomic E-state index is -0.108. The molecule has 0 radical (unpaired) electrons. The second-order valence-corrected chi connectivity index (χ2v) is 2.76. The van der Waals surface area contributed by atoms with Crippen LogP contribution in [0.25, 0.3) is 0 Å². The summed E-state index contributed by atoms with van der Waals surface area (Å²) in [6, 6.07) is 0. The van der Waals surface area contributed by atoms with Crippen LogP contribution in [0.3, 0.4) is 0 Å². The lowest BCUT2D eigenvalue weighted by molar-refractivity contribution is -0.113. The molecule has 0 aromatic rings. The van der Waals surface area contributed by atoms with Crippen LogP contribution in [-0.2, 0) is 15.5 Å². The highest BCUT2D eigenvalue weighted by molar-refractivity contribution is 7.90. The molecule has 0 N–H and O–H groups in total. The summed E-state index contributed by atoms with van der Waals surface area (Å²) in [5.74, 6) is -0.0918. The van der Waals surface area contributed by atoms with Crippen LogP contribution in [0, 0.1) is 0 Å². The van der Waals surface area contributed by atoms with Gasteiger partial charge in [0.25, 0.3) is 5.91 Å². The molecule has 1 aliphatic heterocycles. The first-order valence-electron chi connectivity index (χ1n) is 1.88. The van der Waals surface area contributed by atoms with Crippen LogP contribution >= 0.6 is 0 Å². The Balaban J connectivity index is 2.88. The molecule has 0 saturated carbocycles. The van der Waals surface area contributed by atoms with Crippen molar-refractivity contribution in [1.29, 1.82) is 0 Å². The van der Waals surface area contributed by atoms with Crippen molar-refractivity contribution in [2.75, 3.05) is 6.26 Å². The molecule has 38 valence electrons. The van der Waals surface area contributed by atoms with Crippen LogP contribution in [0.5, 0.6) is 0 Å². The van der Waals surface area contributed by atoms with Gasteiger partial charge in [-0.25, -0.2) is 0 Å². The molecular weight excluding hydrogens is 110 g/mol. The number of nitrogens with zero attached hydrogens (tertiary/aromatic N) is 1. The first-order valence-corrected chi connectivity index (χ1v) is 3.53. The summed E-state index contributed by atoms with van der Waals surface area (Å²) in [6.07, 6.45) is 3.41. The van der Waals surface area contributed by atoms with Crippen molar-refractivity contribution in [3.8, 4) is 0 Å².